The zero-order chi connectivity index (χ0) is 15.2. The molecular formula is C20H32O2. The van der Waals surface area contributed by atoms with Crippen molar-refractivity contribution in [2.24, 2.45) is 35.0 Å². The Kier molecular flexibility index (Phi) is 4.11. The first kappa shape index (κ1) is 15.2. The van der Waals surface area contributed by atoms with Crippen molar-refractivity contribution >= 4 is 0 Å². The van der Waals surface area contributed by atoms with E-state index in [1.54, 1.807) is 6.08 Å². The van der Waals surface area contributed by atoms with Gasteiger partial charge < -0.3 is 9.47 Å². The Balaban J connectivity index is 1.20. The summed E-state index contributed by atoms with van der Waals surface area (Å²) in [6.45, 7) is 7.92. The first-order valence-electron chi connectivity index (χ1n) is 9.53. The van der Waals surface area contributed by atoms with Crippen LogP contribution in [0.2, 0.25) is 0 Å². The predicted octanol–water partition coefficient (Wildman–Crippen LogP) is 4.79. The fraction of sp³-hybridized carbons (Fsp3) is 0.900. The zero-order valence-electron chi connectivity index (χ0n) is 14.1. The van der Waals surface area contributed by atoms with Gasteiger partial charge in [0, 0.05) is 5.92 Å². The van der Waals surface area contributed by atoms with Crippen LogP contribution in [-0.2, 0) is 9.47 Å². The summed E-state index contributed by atoms with van der Waals surface area (Å²) in [5.74, 6) is 4.62. The topological polar surface area (TPSA) is 18.5 Å². The maximum Gasteiger partial charge on any atom is 0.176 e. The van der Waals surface area contributed by atoms with Gasteiger partial charge in [-0.25, -0.2) is 0 Å². The van der Waals surface area contributed by atoms with Gasteiger partial charge in [-0.2, -0.15) is 0 Å². The maximum absolute atomic E-state index is 5.70. The van der Waals surface area contributed by atoms with Gasteiger partial charge in [-0.3, -0.25) is 0 Å². The van der Waals surface area contributed by atoms with Crippen LogP contribution in [-0.4, -0.2) is 19.5 Å². The molecule has 4 rings (SSSR count). The van der Waals surface area contributed by atoms with Gasteiger partial charge in [-0.1, -0.05) is 26.3 Å². The molecule has 124 valence electrons. The second-order valence-electron chi connectivity index (χ2n) is 8.89. The van der Waals surface area contributed by atoms with E-state index in [0.717, 1.165) is 42.3 Å². The van der Waals surface area contributed by atoms with Crippen molar-refractivity contribution in [3.05, 3.63) is 12.7 Å². The highest BCUT2D eigenvalue weighted by Gasteiger charge is 2.55. The van der Waals surface area contributed by atoms with Crippen molar-refractivity contribution in [1.29, 1.82) is 0 Å². The molecule has 22 heavy (non-hydrogen) atoms. The van der Waals surface area contributed by atoms with E-state index in [-0.39, 0.29) is 6.29 Å². The molecular weight excluding hydrogens is 272 g/mol. The first-order valence-corrected chi connectivity index (χ1v) is 9.53. The predicted molar refractivity (Wildman–Crippen MR) is 88.4 cm³/mol. The van der Waals surface area contributed by atoms with Gasteiger partial charge in [0.15, 0.2) is 6.29 Å². The molecule has 0 atom stereocenters. The largest absolute Gasteiger partial charge is 0.349 e. The van der Waals surface area contributed by atoms with Gasteiger partial charge in [0.2, 0.25) is 0 Å². The monoisotopic (exact) mass is 304 g/mol. The number of rotatable bonds is 3. The van der Waals surface area contributed by atoms with Crippen molar-refractivity contribution in [3.63, 3.8) is 0 Å². The van der Waals surface area contributed by atoms with Gasteiger partial charge in [0.1, 0.15) is 0 Å². The molecule has 1 heterocycles. The molecule has 3 saturated carbocycles. The Bertz CT molecular complexity index is 388. The summed E-state index contributed by atoms with van der Waals surface area (Å²) in [5.41, 5.74) is 0.744. The van der Waals surface area contributed by atoms with E-state index in [0.29, 0.717) is 5.92 Å². The molecule has 4 fully saturated rings. The fourth-order valence-electron chi connectivity index (χ4n) is 5.80. The average molecular weight is 304 g/mol. The highest BCUT2D eigenvalue weighted by atomic mass is 16.7. The van der Waals surface area contributed by atoms with Crippen LogP contribution in [0.4, 0.5) is 0 Å². The first-order chi connectivity index (χ1) is 10.7. The molecule has 1 aliphatic heterocycles. The molecule has 2 heteroatoms. The van der Waals surface area contributed by atoms with Crippen LogP contribution in [0, 0.1) is 35.0 Å². The van der Waals surface area contributed by atoms with Crippen molar-refractivity contribution in [2.75, 3.05) is 13.2 Å². The van der Waals surface area contributed by atoms with Crippen molar-refractivity contribution < 1.29 is 9.47 Å². The van der Waals surface area contributed by atoms with E-state index in [9.17, 15) is 0 Å². The molecule has 0 bridgehead atoms. The Morgan fingerprint density at radius 2 is 1.36 bits per heavy atom. The summed E-state index contributed by atoms with van der Waals surface area (Å²) in [6.07, 6.45) is 13.6. The Labute approximate surface area is 135 Å². The second-order valence-corrected chi connectivity index (χ2v) is 8.89. The summed E-state index contributed by atoms with van der Waals surface area (Å²) in [4.78, 5) is 0. The lowest BCUT2D eigenvalue weighted by atomic mass is 9.44. The Hall–Kier alpha value is -0.340. The maximum atomic E-state index is 5.70. The van der Waals surface area contributed by atoms with Gasteiger partial charge in [-0.05, 0) is 73.7 Å². The van der Waals surface area contributed by atoms with Crippen LogP contribution in [0.5, 0.6) is 0 Å². The molecule has 0 aromatic heterocycles. The lowest BCUT2D eigenvalue weighted by molar-refractivity contribution is -0.207. The molecule has 0 aromatic rings. The molecule has 1 spiro atoms. The van der Waals surface area contributed by atoms with Crippen LogP contribution in [0.1, 0.15) is 58.3 Å². The summed E-state index contributed by atoms with van der Waals surface area (Å²) < 4.78 is 11.4. The number of ether oxygens (including phenoxy) is 2. The van der Waals surface area contributed by atoms with Gasteiger partial charge >= 0.3 is 0 Å². The van der Waals surface area contributed by atoms with Crippen molar-refractivity contribution in [2.45, 2.75) is 64.6 Å². The van der Waals surface area contributed by atoms with Crippen LogP contribution in [0.3, 0.4) is 0 Å². The lowest BCUT2D eigenvalue weighted by Gasteiger charge is -2.61. The minimum absolute atomic E-state index is 0.160. The van der Waals surface area contributed by atoms with Gasteiger partial charge in [0.25, 0.3) is 0 Å². The quantitative estimate of drug-likeness (QED) is 0.698. The molecule has 0 N–H and O–H groups in total. The van der Waals surface area contributed by atoms with Crippen LogP contribution < -0.4 is 0 Å². The molecule has 0 amide bonds. The highest BCUT2D eigenvalue weighted by molar-refractivity contribution is 5.06. The fourth-order valence-corrected chi connectivity index (χ4v) is 5.80. The number of hydrogen-bond acceptors (Lipinski definition) is 2. The van der Waals surface area contributed by atoms with Crippen LogP contribution >= 0.6 is 0 Å². The van der Waals surface area contributed by atoms with Crippen LogP contribution in [0.15, 0.2) is 12.7 Å². The van der Waals surface area contributed by atoms with Gasteiger partial charge in [-0.15, -0.1) is 0 Å². The van der Waals surface area contributed by atoms with E-state index in [4.69, 9.17) is 9.47 Å². The van der Waals surface area contributed by atoms with Crippen molar-refractivity contribution in [3.8, 4) is 0 Å². The smallest absolute Gasteiger partial charge is 0.176 e. The molecule has 3 aliphatic carbocycles. The highest BCUT2D eigenvalue weighted by Crippen LogP contribution is 2.65. The molecule has 0 aromatic carbocycles. The summed E-state index contributed by atoms with van der Waals surface area (Å²) in [6, 6.07) is 0. The van der Waals surface area contributed by atoms with Crippen molar-refractivity contribution in [1.82, 2.24) is 0 Å². The Morgan fingerprint density at radius 3 is 1.91 bits per heavy atom. The third-order valence-electron chi connectivity index (χ3n) is 7.32. The minimum atomic E-state index is -0.160. The number of hydrogen-bond donors (Lipinski definition) is 0. The molecule has 1 saturated heterocycles. The van der Waals surface area contributed by atoms with E-state index in [1.807, 2.05) is 0 Å². The zero-order valence-corrected chi connectivity index (χ0v) is 14.1. The minimum Gasteiger partial charge on any atom is -0.349 e. The SMILES string of the molecule is C=CC1OCC(C2CC3(CC(C4CCC(C)CC4)C3)C2)CO1. The normalized spacial score (nSPS) is 51.9. The van der Waals surface area contributed by atoms with E-state index < -0.39 is 0 Å². The lowest BCUT2D eigenvalue weighted by Crippen LogP contribution is -2.53. The third kappa shape index (κ3) is 2.78. The average Bonchev–Trinajstić information content (AvgIpc) is 2.47. The van der Waals surface area contributed by atoms with E-state index >= 15 is 0 Å². The molecule has 4 aliphatic rings. The van der Waals surface area contributed by atoms with E-state index in [1.165, 1.54) is 51.4 Å². The molecule has 2 nitrogen and oxygen atoms in total. The molecule has 0 unspecified atom stereocenters. The second kappa shape index (κ2) is 5.94. The van der Waals surface area contributed by atoms with Crippen LogP contribution in [0.25, 0.3) is 0 Å². The third-order valence-corrected chi connectivity index (χ3v) is 7.32. The standard InChI is InChI=1S/C20H32O2/c1-3-19-21-12-18(13-22-19)17-10-20(11-17)8-16(9-20)15-6-4-14(2)5-7-15/h3,14-19H,1,4-13H2,2H3. The molecule has 0 radical (unpaired) electrons. The summed E-state index contributed by atoms with van der Waals surface area (Å²) in [5, 5.41) is 0. The van der Waals surface area contributed by atoms with Gasteiger partial charge in [0.05, 0.1) is 13.2 Å². The summed E-state index contributed by atoms with van der Waals surface area (Å²) >= 11 is 0. The van der Waals surface area contributed by atoms with E-state index in [2.05, 4.69) is 13.5 Å². The Morgan fingerprint density at radius 1 is 0.818 bits per heavy atom. The summed E-state index contributed by atoms with van der Waals surface area (Å²) in [7, 11) is 0.